The smallest absolute Gasteiger partial charge is 0.118 e. The predicted molar refractivity (Wildman–Crippen MR) is 130 cm³/mol. The number of aromatic nitrogens is 1. The Balaban J connectivity index is 1.98. The summed E-state index contributed by atoms with van der Waals surface area (Å²) >= 11 is 6.26. The second kappa shape index (κ2) is 11.5. The van der Waals surface area contributed by atoms with Crippen LogP contribution >= 0.6 is 11.6 Å². The molecule has 1 atom stereocenters. The van der Waals surface area contributed by atoms with Gasteiger partial charge in [0.05, 0.1) is 24.4 Å². The van der Waals surface area contributed by atoms with Gasteiger partial charge >= 0.3 is 0 Å². The van der Waals surface area contributed by atoms with Gasteiger partial charge in [-0.05, 0) is 74.0 Å². The molecule has 5 heteroatoms. The fourth-order valence-corrected chi connectivity index (χ4v) is 3.98. The first-order valence-electron chi connectivity index (χ1n) is 11.2. The number of fused-ring (bicyclic) bond motifs is 1. The Labute approximate surface area is 190 Å². The van der Waals surface area contributed by atoms with Crippen LogP contribution in [0.2, 0.25) is 5.02 Å². The van der Waals surface area contributed by atoms with Crippen molar-refractivity contribution >= 4 is 22.5 Å². The Hall–Kier alpha value is -2.14. The zero-order valence-electron chi connectivity index (χ0n) is 18.8. The Morgan fingerprint density at radius 1 is 1.00 bits per heavy atom. The standard InChI is InChI=1S/C26H33ClN2O2/c1-4-6-14-29(15-7-5-2)18-26(30)23-17-24(19-8-11-21(31-3)12-9-19)28-25-16-20(27)10-13-22(23)25/h8-13,16-17,26,30H,4-7,14-15,18H2,1-3H3/t26-/m1/s1. The fraction of sp³-hybridized carbons (Fsp3) is 0.423. The third-order valence-corrected chi connectivity index (χ3v) is 5.87. The Bertz CT molecular complexity index is 967. The molecule has 1 aromatic heterocycles. The number of nitrogens with zero attached hydrogens (tertiary/aromatic N) is 2. The van der Waals surface area contributed by atoms with Gasteiger partial charge in [-0.1, -0.05) is 44.4 Å². The molecule has 166 valence electrons. The molecule has 0 bridgehead atoms. The number of ether oxygens (including phenoxy) is 1. The maximum absolute atomic E-state index is 11.3. The molecule has 0 unspecified atom stereocenters. The number of aliphatic hydroxyl groups is 1. The van der Waals surface area contributed by atoms with Gasteiger partial charge in [-0.2, -0.15) is 0 Å². The highest BCUT2D eigenvalue weighted by Gasteiger charge is 2.18. The van der Waals surface area contributed by atoms with Crippen LogP contribution in [0.3, 0.4) is 0 Å². The molecule has 31 heavy (non-hydrogen) atoms. The van der Waals surface area contributed by atoms with Crippen molar-refractivity contribution in [3.63, 3.8) is 0 Å². The monoisotopic (exact) mass is 440 g/mol. The molecule has 1 heterocycles. The van der Waals surface area contributed by atoms with Crippen LogP contribution in [0.5, 0.6) is 5.75 Å². The molecule has 4 nitrogen and oxygen atoms in total. The maximum atomic E-state index is 11.3. The Morgan fingerprint density at radius 2 is 1.68 bits per heavy atom. The second-order valence-corrected chi connectivity index (χ2v) is 8.45. The van der Waals surface area contributed by atoms with E-state index in [1.165, 1.54) is 0 Å². The van der Waals surface area contributed by atoms with Gasteiger partial charge in [0.2, 0.25) is 0 Å². The molecule has 0 aliphatic rings. The molecule has 0 saturated heterocycles. The number of unbranched alkanes of at least 4 members (excludes halogenated alkanes) is 2. The SMILES string of the molecule is CCCCN(CCCC)C[C@@H](O)c1cc(-c2ccc(OC)cc2)nc2cc(Cl)ccc12. The minimum Gasteiger partial charge on any atom is -0.497 e. The van der Waals surface area contributed by atoms with Crippen LogP contribution in [-0.4, -0.2) is 41.7 Å². The highest BCUT2D eigenvalue weighted by atomic mass is 35.5. The second-order valence-electron chi connectivity index (χ2n) is 8.01. The van der Waals surface area contributed by atoms with Crippen LogP contribution in [0, 0.1) is 0 Å². The molecule has 3 aromatic rings. The molecule has 1 N–H and O–H groups in total. The fourth-order valence-electron chi connectivity index (χ4n) is 3.81. The third-order valence-electron chi connectivity index (χ3n) is 5.64. The Kier molecular flexibility index (Phi) is 8.70. The highest BCUT2D eigenvalue weighted by Crippen LogP contribution is 2.31. The van der Waals surface area contributed by atoms with E-state index in [1.54, 1.807) is 7.11 Å². The van der Waals surface area contributed by atoms with Crippen molar-refractivity contribution in [2.24, 2.45) is 0 Å². The summed E-state index contributed by atoms with van der Waals surface area (Å²) in [5.74, 6) is 0.801. The van der Waals surface area contributed by atoms with Gasteiger partial charge in [-0.25, -0.2) is 4.98 Å². The van der Waals surface area contributed by atoms with Crippen LogP contribution in [0.15, 0.2) is 48.5 Å². The van der Waals surface area contributed by atoms with Crippen LogP contribution in [-0.2, 0) is 0 Å². The molecule has 0 radical (unpaired) electrons. The van der Waals surface area contributed by atoms with Gasteiger partial charge in [-0.3, -0.25) is 0 Å². The largest absolute Gasteiger partial charge is 0.497 e. The highest BCUT2D eigenvalue weighted by molar-refractivity contribution is 6.31. The van der Waals surface area contributed by atoms with Crippen molar-refractivity contribution < 1.29 is 9.84 Å². The predicted octanol–water partition coefficient (Wildman–Crippen LogP) is 6.50. The number of hydrogen-bond acceptors (Lipinski definition) is 4. The van der Waals surface area contributed by atoms with Crippen molar-refractivity contribution in [1.29, 1.82) is 0 Å². The first kappa shape index (κ1) is 23.5. The molecule has 0 aliphatic heterocycles. The van der Waals surface area contributed by atoms with E-state index >= 15 is 0 Å². The molecule has 3 rings (SSSR count). The van der Waals surface area contributed by atoms with Gasteiger partial charge in [0.15, 0.2) is 0 Å². The van der Waals surface area contributed by atoms with Crippen molar-refractivity contribution in [3.05, 3.63) is 59.1 Å². The number of halogens is 1. The summed E-state index contributed by atoms with van der Waals surface area (Å²) < 4.78 is 5.28. The number of hydrogen-bond donors (Lipinski definition) is 1. The van der Waals surface area contributed by atoms with Gasteiger partial charge in [0.1, 0.15) is 5.75 Å². The van der Waals surface area contributed by atoms with E-state index in [0.717, 1.165) is 72.2 Å². The van der Waals surface area contributed by atoms with Crippen molar-refractivity contribution in [3.8, 4) is 17.0 Å². The van der Waals surface area contributed by atoms with Gasteiger partial charge in [0.25, 0.3) is 0 Å². The van der Waals surface area contributed by atoms with Crippen LogP contribution in [0.1, 0.15) is 51.2 Å². The first-order chi connectivity index (χ1) is 15.0. The molecule has 0 saturated carbocycles. The van der Waals surface area contributed by atoms with Crippen LogP contribution < -0.4 is 4.74 Å². The zero-order chi connectivity index (χ0) is 22.2. The van der Waals surface area contributed by atoms with E-state index in [9.17, 15) is 5.11 Å². The number of aliphatic hydroxyl groups excluding tert-OH is 1. The van der Waals surface area contributed by atoms with E-state index in [4.69, 9.17) is 21.3 Å². The lowest BCUT2D eigenvalue weighted by atomic mass is 9.99. The number of methoxy groups -OCH3 is 1. The van der Waals surface area contributed by atoms with E-state index in [-0.39, 0.29) is 0 Å². The van der Waals surface area contributed by atoms with Crippen molar-refractivity contribution in [1.82, 2.24) is 9.88 Å². The molecule has 2 aromatic carbocycles. The average Bonchev–Trinajstić information content (AvgIpc) is 2.79. The summed E-state index contributed by atoms with van der Waals surface area (Å²) in [6, 6.07) is 15.5. The summed E-state index contributed by atoms with van der Waals surface area (Å²) in [4.78, 5) is 7.22. The lowest BCUT2D eigenvalue weighted by Gasteiger charge is -2.26. The number of pyridine rings is 1. The van der Waals surface area contributed by atoms with Crippen LogP contribution in [0.4, 0.5) is 0 Å². The van der Waals surface area contributed by atoms with Gasteiger partial charge < -0.3 is 14.7 Å². The number of rotatable bonds is 11. The lowest BCUT2D eigenvalue weighted by molar-refractivity contribution is 0.112. The van der Waals surface area contributed by atoms with Gasteiger partial charge in [-0.15, -0.1) is 0 Å². The first-order valence-corrected chi connectivity index (χ1v) is 11.6. The molecular weight excluding hydrogens is 408 g/mol. The minimum absolute atomic E-state index is 0.600. The molecule has 0 fully saturated rings. The average molecular weight is 441 g/mol. The minimum atomic E-state index is -0.600. The lowest BCUT2D eigenvalue weighted by Crippen LogP contribution is -2.31. The normalized spacial score (nSPS) is 12.5. The summed E-state index contributed by atoms with van der Waals surface area (Å²) in [6.07, 6.45) is 3.98. The molecule has 0 spiro atoms. The van der Waals surface area contributed by atoms with E-state index in [1.807, 2.05) is 48.5 Å². The number of benzene rings is 2. The third kappa shape index (κ3) is 6.19. The topological polar surface area (TPSA) is 45.6 Å². The Morgan fingerprint density at radius 3 is 2.29 bits per heavy atom. The van der Waals surface area contributed by atoms with Crippen LogP contribution in [0.25, 0.3) is 22.2 Å². The van der Waals surface area contributed by atoms with Crippen molar-refractivity contribution in [2.45, 2.75) is 45.6 Å². The molecule has 0 amide bonds. The van der Waals surface area contributed by atoms with E-state index in [2.05, 4.69) is 18.7 Å². The molecular formula is C26H33ClN2O2. The summed E-state index contributed by atoms with van der Waals surface area (Å²) in [5, 5.41) is 12.9. The van der Waals surface area contributed by atoms with E-state index < -0.39 is 6.10 Å². The quantitative estimate of drug-likeness (QED) is 0.369. The summed E-state index contributed by atoms with van der Waals surface area (Å²) in [5.41, 5.74) is 3.49. The summed E-state index contributed by atoms with van der Waals surface area (Å²) in [7, 11) is 1.66. The molecule has 0 aliphatic carbocycles. The summed E-state index contributed by atoms with van der Waals surface area (Å²) in [6.45, 7) is 7.04. The van der Waals surface area contributed by atoms with Crippen molar-refractivity contribution in [2.75, 3.05) is 26.7 Å². The maximum Gasteiger partial charge on any atom is 0.118 e. The van der Waals surface area contributed by atoms with Gasteiger partial charge in [0, 0.05) is 22.5 Å². The van der Waals surface area contributed by atoms with E-state index in [0.29, 0.717) is 11.6 Å². The zero-order valence-corrected chi connectivity index (χ0v) is 19.5.